The molecule has 1 rings (SSSR count). The van der Waals surface area contributed by atoms with Gasteiger partial charge in [-0.25, -0.2) is 0 Å². The molecule has 1 nitrogen and oxygen atoms in total. The first-order chi connectivity index (χ1) is 6.02. The molecule has 0 aliphatic rings. The first kappa shape index (κ1) is 11.6. The summed E-state index contributed by atoms with van der Waals surface area (Å²) in [4.78, 5) is 0. The van der Waals surface area contributed by atoms with E-state index in [1.165, 1.54) is 0 Å². The highest BCUT2D eigenvalue weighted by Crippen LogP contribution is 2.29. The van der Waals surface area contributed by atoms with E-state index in [2.05, 4.69) is 33.6 Å². The maximum atomic E-state index is 9.45. The topological polar surface area (TPSA) is 20.2 Å². The smallest absolute Gasteiger partial charge is 0.119 e. The number of hydrogen-bond acceptors (Lipinski definition) is 1. The summed E-state index contributed by atoms with van der Waals surface area (Å²) in [6, 6.07) is 7.46. The van der Waals surface area contributed by atoms with E-state index in [1.54, 1.807) is 6.07 Å². The van der Waals surface area contributed by atoms with Gasteiger partial charge in [0.15, 0.2) is 0 Å². The summed E-state index contributed by atoms with van der Waals surface area (Å²) in [5, 5.41) is 9.45. The molecule has 0 bridgehead atoms. The van der Waals surface area contributed by atoms with Crippen molar-refractivity contribution < 1.29 is 5.11 Å². The van der Waals surface area contributed by atoms with Crippen molar-refractivity contribution in [1.29, 1.82) is 0 Å². The van der Waals surface area contributed by atoms with Crippen LogP contribution in [0.4, 0.5) is 0 Å². The van der Waals surface area contributed by atoms with Crippen molar-refractivity contribution in [2.45, 2.75) is 26.2 Å². The zero-order valence-electron chi connectivity index (χ0n) is 8.41. The molecular weight excluding hydrogens is 160 g/mol. The summed E-state index contributed by atoms with van der Waals surface area (Å²) in [6.45, 7) is 6.26. The third kappa shape index (κ3) is 3.21. The lowest BCUT2D eigenvalue weighted by atomic mass is 9.86. The Balaban J connectivity index is 0.000000671. The molecule has 0 saturated carbocycles. The van der Waals surface area contributed by atoms with Gasteiger partial charge in [0.2, 0.25) is 0 Å². The van der Waals surface area contributed by atoms with Crippen LogP contribution in [0.5, 0.6) is 5.75 Å². The third-order valence-electron chi connectivity index (χ3n) is 1.71. The van der Waals surface area contributed by atoms with Crippen LogP contribution in [0.3, 0.4) is 0 Å². The van der Waals surface area contributed by atoms with E-state index in [1.807, 2.05) is 18.2 Å². The van der Waals surface area contributed by atoms with Crippen LogP contribution in [0.15, 0.2) is 24.3 Å². The van der Waals surface area contributed by atoms with Crippen LogP contribution in [0.25, 0.3) is 0 Å². The second-order valence-corrected chi connectivity index (χ2v) is 3.77. The number of aromatic hydroxyl groups is 1. The fourth-order valence-electron chi connectivity index (χ4n) is 1.11. The van der Waals surface area contributed by atoms with Gasteiger partial charge in [0.05, 0.1) is 0 Å². The Labute approximate surface area is 80.4 Å². The summed E-state index contributed by atoms with van der Waals surface area (Å²) in [5.41, 5.74) is 1.03. The van der Waals surface area contributed by atoms with Gasteiger partial charge in [-0.2, -0.15) is 0 Å². The molecule has 0 unspecified atom stereocenters. The molecule has 0 saturated heterocycles. The quantitative estimate of drug-likeness (QED) is 0.602. The standard InChI is InChI=1S/C10H14O.C2H2/c1-10(2,3)8-6-4-5-7-9(8)11;1-2/h4-7,11H,1-3H3;1-2H. The summed E-state index contributed by atoms with van der Waals surface area (Å²) < 4.78 is 0. The van der Waals surface area contributed by atoms with Crippen LogP contribution in [0.1, 0.15) is 26.3 Å². The van der Waals surface area contributed by atoms with Crippen LogP contribution in [-0.4, -0.2) is 5.11 Å². The van der Waals surface area contributed by atoms with Gasteiger partial charge in [0, 0.05) is 0 Å². The Morgan fingerprint density at radius 1 is 1.08 bits per heavy atom. The predicted octanol–water partition coefficient (Wildman–Crippen LogP) is 2.94. The monoisotopic (exact) mass is 176 g/mol. The first-order valence-corrected chi connectivity index (χ1v) is 4.13. The van der Waals surface area contributed by atoms with Crippen molar-refractivity contribution in [3.8, 4) is 18.6 Å². The zero-order valence-corrected chi connectivity index (χ0v) is 8.41. The summed E-state index contributed by atoms with van der Waals surface area (Å²) in [5.74, 6) is 0.389. The molecule has 0 fully saturated rings. The fraction of sp³-hybridized carbons (Fsp3) is 0.333. The molecule has 0 radical (unpaired) electrons. The normalized spacial score (nSPS) is 9.92. The van der Waals surface area contributed by atoms with Crippen molar-refractivity contribution in [3.05, 3.63) is 29.8 Å². The van der Waals surface area contributed by atoms with Crippen LogP contribution < -0.4 is 0 Å². The van der Waals surface area contributed by atoms with E-state index in [0.29, 0.717) is 5.75 Å². The number of para-hydroxylation sites is 1. The van der Waals surface area contributed by atoms with Crippen molar-refractivity contribution in [3.63, 3.8) is 0 Å². The highest BCUT2D eigenvalue weighted by molar-refractivity contribution is 5.36. The molecular formula is C12H16O. The maximum absolute atomic E-state index is 9.45. The molecule has 0 aliphatic heterocycles. The Morgan fingerprint density at radius 2 is 1.54 bits per heavy atom. The zero-order chi connectivity index (χ0) is 10.5. The molecule has 1 N–H and O–H groups in total. The lowest BCUT2D eigenvalue weighted by Crippen LogP contribution is -2.10. The Morgan fingerprint density at radius 3 is 1.85 bits per heavy atom. The van der Waals surface area contributed by atoms with Crippen molar-refractivity contribution in [2.24, 2.45) is 0 Å². The predicted molar refractivity (Wildman–Crippen MR) is 56.7 cm³/mol. The third-order valence-corrected chi connectivity index (χ3v) is 1.71. The molecule has 1 heteroatoms. The summed E-state index contributed by atoms with van der Waals surface area (Å²) in [6.07, 6.45) is 8.00. The highest BCUT2D eigenvalue weighted by atomic mass is 16.3. The molecule has 0 spiro atoms. The number of phenolic OH excluding ortho intramolecular Hbond substituents is 1. The van der Waals surface area contributed by atoms with Gasteiger partial charge >= 0.3 is 0 Å². The van der Waals surface area contributed by atoms with Gasteiger partial charge in [0.25, 0.3) is 0 Å². The van der Waals surface area contributed by atoms with Gasteiger partial charge in [-0.05, 0) is 17.0 Å². The van der Waals surface area contributed by atoms with Gasteiger partial charge in [-0.15, -0.1) is 12.8 Å². The number of benzene rings is 1. The average Bonchev–Trinajstić information content (AvgIpc) is 2.07. The molecule has 0 amide bonds. The Kier molecular flexibility index (Phi) is 4.07. The summed E-state index contributed by atoms with van der Waals surface area (Å²) >= 11 is 0. The highest BCUT2D eigenvalue weighted by Gasteiger charge is 2.16. The average molecular weight is 176 g/mol. The molecule has 0 aromatic heterocycles. The second kappa shape index (κ2) is 4.57. The SMILES string of the molecule is C#C.CC(C)(C)c1ccccc1O. The van der Waals surface area contributed by atoms with Gasteiger partial charge in [-0.1, -0.05) is 39.0 Å². The molecule has 0 aliphatic carbocycles. The van der Waals surface area contributed by atoms with Crippen LogP contribution in [-0.2, 0) is 5.41 Å². The van der Waals surface area contributed by atoms with E-state index in [-0.39, 0.29) is 5.41 Å². The Hall–Kier alpha value is -1.42. The molecule has 13 heavy (non-hydrogen) atoms. The van der Waals surface area contributed by atoms with Crippen LogP contribution in [0.2, 0.25) is 0 Å². The van der Waals surface area contributed by atoms with Gasteiger partial charge in [-0.3, -0.25) is 0 Å². The lowest BCUT2D eigenvalue weighted by molar-refractivity contribution is 0.447. The molecule has 1 aromatic carbocycles. The first-order valence-electron chi connectivity index (χ1n) is 4.13. The largest absolute Gasteiger partial charge is 0.508 e. The second-order valence-electron chi connectivity index (χ2n) is 3.77. The summed E-state index contributed by atoms with van der Waals surface area (Å²) in [7, 11) is 0. The maximum Gasteiger partial charge on any atom is 0.119 e. The van der Waals surface area contributed by atoms with E-state index < -0.39 is 0 Å². The van der Waals surface area contributed by atoms with Gasteiger partial charge < -0.3 is 5.11 Å². The fourth-order valence-corrected chi connectivity index (χ4v) is 1.11. The van der Waals surface area contributed by atoms with Crippen molar-refractivity contribution in [1.82, 2.24) is 0 Å². The van der Waals surface area contributed by atoms with Gasteiger partial charge in [0.1, 0.15) is 5.75 Å². The van der Waals surface area contributed by atoms with E-state index in [4.69, 9.17) is 0 Å². The van der Waals surface area contributed by atoms with E-state index in [9.17, 15) is 5.11 Å². The number of phenols is 1. The minimum absolute atomic E-state index is 0.0331. The minimum atomic E-state index is 0.0331. The molecule has 70 valence electrons. The van der Waals surface area contributed by atoms with Crippen molar-refractivity contribution in [2.75, 3.05) is 0 Å². The number of terminal acetylenes is 1. The lowest BCUT2D eigenvalue weighted by Gasteiger charge is -2.19. The van der Waals surface area contributed by atoms with Crippen molar-refractivity contribution >= 4 is 0 Å². The van der Waals surface area contributed by atoms with E-state index in [0.717, 1.165) is 5.56 Å². The number of hydrogen-bond donors (Lipinski definition) is 1. The van der Waals surface area contributed by atoms with Crippen LogP contribution >= 0.6 is 0 Å². The minimum Gasteiger partial charge on any atom is -0.508 e. The molecule has 0 heterocycles. The molecule has 0 atom stereocenters. The van der Waals surface area contributed by atoms with Crippen LogP contribution in [0, 0.1) is 12.8 Å². The van der Waals surface area contributed by atoms with E-state index >= 15 is 0 Å². The Bertz CT molecular complexity index is 279. The number of rotatable bonds is 0. The molecule has 1 aromatic rings.